The Labute approximate surface area is 134 Å². The van der Waals surface area contributed by atoms with E-state index < -0.39 is 0 Å². The maximum Gasteiger partial charge on any atom is 0.161 e. The van der Waals surface area contributed by atoms with Crippen LogP contribution >= 0.6 is 0 Å². The zero-order valence-electron chi connectivity index (χ0n) is 14.2. The molecule has 1 aromatic rings. The van der Waals surface area contributed by atoms with Crippen LogP contribution in [0.1, 0.15) is 32.8 Å². The number of methoxy groups -OCH3 is 1. The van der Waals surface area contributed by atoms with Crippen molar-refractivity contribution in [3.05, 3.63) is 29.8 Å². The lowest BCUT2D eigenvalue weighted by atomic mass is 10.2. The Hall–Kier alpha value is -1.52. The normalized spacial score (nSPS) is 12.5. The van der Waals surface area contributed by atoms with Gasteiger partial charge in [0.2, 0.25) is 0 Å². The third-order valence-electron chi connectivity index (χ3n) is 3.38. The molecule has 22 heavy (non-hydrogen) atoms. The lowest BCUT2D eigenvalue weighted by Gasteiger charge is -2.13. The molecule has 0 spiro atoms. The van der Waals surface area contributed by atoms with Crippen LogP contribution < -0.4 is 14.8 Å². The fraction of sp³-hybridized carbons (Fsp3) is 0.556. The zero-order valence-corrected chi connectivity index (χ0v) is 14.2. The maximum absolute atomic E-state index is 5.72. The molecule has 0 aliphatic heterocycles. The summed E-state index contributed by atoms with van der Waals surface area (Å²) in [4.78, 5) is 0. The first-order chi connectivity index (χ1) is 10.7. The van der Waals surface area contributed by atoms with E-state index in [0.29, 0.717) is 25.9 Å². The average molecular weight is 307 g/mol. The molecule has 1 rings (SSSR count). The van der Waals surface area contributed by atoms with Crippen LogP contribution in [-0.4, -0.2) is 39.5 Å². The molecule has 1 N–H and O–H groups in total. The summed E-state index contributed by atoms with van der Waals surface area (Å²) in [5.41, 5.74) is 1.10. The summed E-state index contributed by atoms with van der Waals surface area (Å²) in [6, 6.07) is 6.44. The second kappa shape index (κ2) is 11.1. The van der Waals surface area contributed by atoms with E-state index in [9.17, 15) is 0 Å². The van der Waals surface area contributed by atoms with Crippen molar-refractivity contribution in [2.24, 2.45) is 0 Å². The Morgan fingerprint density at radius 2 is 2.00 bits per heavy atom. The third-order valence-corrected chi connectivity index (χ3v) is 3.38. The molecular formula is C18H29NO3. The molecule has 0 aliphatic rings. The molecule has 1 atom stereocenters. The summed E-state index contributed by atoms with van der Waals surface area (Å²) in [6.45, 7) is 8.99. The van der Waals surface area contributed by atoms with E-state index in [1.807, 2.05) is 37.3 Å². The molecule has 0 saturated carbocycles. The summed E-state index contributed by atoms with van der Waals surface area (Å²) in [7, 11) is 1.65. The number of ether oxygens (including phenoxy) is 3. The average Bonchev–Trinajstić information content (AvgIpc) is 2.54. The van der Waals surface area contributed by atoms with Crippen LogP contribution in [0, 0.1) is 0 Å². The van der Waals surface area contributed by atoms with Gasteiger partial charge in [-0.1, -0.05) is 25.1 Å². The third kappa shape index (κ3) is 6.96. The summed E-state index contributed by atoms with van der Waals surface area (Å²) in [5, 5.41) is 3.39. The van der Waals surface area contributed by atoms with Gasteiger partial charge in [-0.25, -0.2) is 0 Å². The van der Waals surface area contributed by atoms with Gasteiger partial charge in [-0.2, -0.15) is 0 Å². The van der Waals surface area contributed by atoms with E-state index in [1.54, 1.807) is 7.11 Å². The van der Waals surface area contributed by atoms with Gasteiger partial charge in [-0.15, -0.1) is 0 Å². The lowest BCUT2D eigenvalue weighted by Crippen LogP contribution is -2.29. The monoisotopic (exact) mass is 307 g/mol. The van der Waals surface area contributed by atoms with Gasteiger partial charge in [-0.05, 0) is 38.0 Å². The Morgan fingerprint density at radius 1 is 1.18 bits per heavy atom. The first-order valence-corrected chi connectivity index (χ1v) is 7.95. The minimum atomic E-state index is 0.517. The standard InChI is InChI=1S/C18H29NO3/c1-5-7-16-8-9-17(18(14-16)20-4)22-13-12-21-11-10-19-15(3)6-2/h5,7-9,14-15,19H,6,10-13H2,1-4H3/b7-5+. The van der Waals surface area contributed by atoms with E-state index >= 15 is 0 Å². The molecule has 4 heteroatoms. The number of hydrogen-bond acceptors (Lipinski definition) is 4. The zero-order chi connectivity index (χ0) is 16.2. The van der Waals surface area contributed by atoms with Crippen LogP contribution in [0.15, 0.2) is 24.3 Å². The summed E-state index contributed by atoms with van der Waals surface area (Å²) < 4.78 is 16.6. The minimum Gasteiger partial charge on any atom is -0.493 e. The van der Waals surface area contributed by atoms with Gasteiger partial charge < -0.3 is 19.5 Å². The van der Waals surface area contributed by atoms with Gasteiger partial charge >= 0.3 is 0 Å². The fourth-order valence-corrected chi connectivity index (χ4v) is 1.93. The Kier molecular flexibility index (Phi) is 9.35. The van der Waals surface area contributed by atoms with Crippen molar-refractivity contribution in [2.45, 2.75) is 33.2 Å². The highest BCUT2D eigenvalue weighted by molar-refractivity contribution is 5.55. The van der Waals surface area contributed by atoms with Gasteiger partial charge in [0.05, 0.1) is 20.3 Å². The van der Waals surface area contributed by atoms with Crippen LogP contribution in [0.2, 0.25) is 0 Å². The molecule has 0 radical (unpaired) electrons. The summed E-state index contributed by atoms with van der Waals surface area (Å²) in [5.74, 6) is 1.49. The van der Waals surface area contributed by atoms with Crippen LogP contribution in [0.3, 0.4) is 0 Å². The molecule has 1 unspecified atom stereocenters. The van der Waals surface area contributed by atoms with E-state index in [0.717, 1.165) is 30.0 Å². The SMILES string of the molecule is C/C=C/c1ccc(OCCOCCNC(C)CC)c(OC)c1. The highest BCUT2D eigenvalue weighted by atomic mass is 16.5. The first-order valence-electron chi connectivity index (χ1n) is 7.95. The van der Waals surface area contributed by atoms with Crippen molar-refractivity contribution in [2.75, 3.05) is 33.5 Å². The summed E-state index contributed by atoms with van der Waals surface area (Å²) >= 11 is 0. The fourth-order valence-electron chi connectivity index (χ4n) is 1.93. The van der Waals surface area contributed by atoms with E-state index in [1.165, 1.54) is 0 Å². The largest absolute Gasteiger partial charge is 0.493 e. The smallest absolute Gasteiger partial charge is 0.161 e. The van der Waals surface area contributed by atoms with Crippen LogP contribution in [0.4, 0.5) is 0 Å². The molecule has 0 amide bonds. The topological polar surface area (TPSA) is 39.7 Å². The predicted octanol–water partition coefficient (Wildman–Crippen LogP) is 3.51. The number of allylic oxidation sites excluding steroid dienone is 1. The van der Waals surface area contributed by atoms with Crippen molar-refractivity contribution >= 4 is 6.08 Å². The number of nitrogens with one attached hydrogen (secondary N) is 1. The van der Waals surface area contributed by atoms with Gasteiger partial charge in [0.25, 0.3) is 0 Å². The Morgan fingerprint density at radius 3 is 2.68 bits per heavy atom. The van der Waals surface area contributed by atoms with Crippen LogP contribution in [0.25, 0.3) is 6.08 Å². The molecule has 124 valence electrons. The second-order valence-electron chi connectivity index (χ2n) is 5.13. The van der Waals surface area contributed by atoms with Crippen LogP contribution in [0.5, 0.6) is 11.5 Å². The second-order valence-corrected chi connectivity index (χ2v) is 5.13. The molecule has 1 aromatic carbocycles. The highest BCUT2D eigenvalue weighted by Crippen LogP contribution is 2.28. The lowest BCUT2D eigenvalue weighted by molar-refractivity contribution is 0.0994. The molecule has 0 aromatic heterocycles. The van der Waals surface area contributed by atoms with Crippen LogP contribution in [-0.2, 0) is 4.74 Å². The summed E-state index contributed by atoms with van der Waals surface area (Å²) in [6.07, 6.45) is 5.16. The minimum absolute atomic E-state index is 0.517. The van der Waals surface area contributed by atoms with E-state index in [-0.39, 0.29) is 0 Å². The first kappa shape index (κ1) is 18.5. The van der Waals surface area contributed by atoms with Crippen molar-refractivity contribution in [1.82, 2.24) is 5.32 Å². The van der Waals surface area contributed by atoms with Gasteiger partial charge in [-0.3, -0.25) is 0 Å². The van der Waals surface area contributed by atoms with E-state index in [4.69, 9.17) is 14.2 Å². The molecular weight excluding hydrogens is 278 g/mol. The number of hydrogen-bond donors (Lipinski definition) is 1. The molecule has 0 aliphatic carbocycles. The molecule has 0 saturated heterocycles. The van der Waals surface area contributed by atoms with Crippen molar-refractivity contribution < 1.29 is 14.2 Å². The van der Waals surface area contributed by atoms with E-state index in [2.05, 4.69) is 19.2 Å². The van der Waals surface area contributed by atoms with Crippen molar-refractivity contribution in [3.8, 4) is 11.5 Å². The van der Waals surface area contributed by atoms with Gasteiger partial charge in [0, 0.05) is 12.6 Å². The maximum atomic E-state index is 5.72. The quantitative estimate of drug-likeness (QED) is 0.635. The molecule has 0 heterocycles. The molecule has 0 fully saturated rings. The Bertz CT molecular complexity index is 446. The Balaban J connectivity index is 2.27. The molecule has 4 nitrogen and oxygen atoms in total. The number of rotatable bonds is 11. The van der Waals surface area contributed by atoms with Crippen molar-refractivity contribution in [1.29, 1.82) is 0 Å². The number of benzene rings is 1. The highest BCUT2D eigenvalue weighted by Gasteiger charge is 2.04. The van der Waals surface area contributed by atoms with Crippen molar-refractivity contribution in [3.63, 3.8) is 0 Å². The van der Waals surface area contributed by atoms with Gasteiger partial charge in [0.1, 0.15) is 6.61 Å². The molecule has 0 bridgehead atoms. The predicted molar refractivity (Wildman–Crippen MR) is 91.8 cm³/mol. The van der Waals surface area contributed by atoms with Gasteiger partial charge in [0.15, 0.2) is 11.5 Å².